The van der Waals surface area contributed by atoms with Gasteiger partial charge in [-0.05, 0) is 85.8 Å². The maximum absolute atomic E-state index is 6.92. The van der Waals surface area contributed by atoms with Crippen molar-refractivity contribution in [2.75, 3.05) is 9.80 Å². The first-order chi connectivity index (χ1) is 29.0. The van der Waals surface area contributed by atoms with Crippen LogP contribution in [0.25, 0.3) is 27.6 Å². The molecule has 0 saturated carbocycles. The Morgan fingerprint density at radius 2 is 1.17 bits per heavy atom. The molecule has 0 amide bonds. The van der Waals surface area contributed by atoms with Crippen LogP contribution < -0.4 is 14.5 Å². The monoisotopic (exact) mass is 1010 g/mol. The Labute approximate surface area is 391 Å². The molecular weight excluding hydrogens is 952 g/mol. The molecule has 0 saturated heterocycles. The van der Waals surface area contributed by atoms with Gasteiger partial charge in [0.05, 0.1) is 0 Å². The van der Waals surface area contributed by atoms with E-state index in [2.05, 4.69) is 239 Å². The summed E-state index contributed by atoms with van der Waals surface area (Å²) in [5, 5.41) is 2.24. The predicted octanol–water partition coefficient (Wildman–Crippen LogP) is 15.1. The van der Waals surface area contributed by atoms with Gasteiger partial charge in [-0.1, -0.05) is 157 Å². The first-order valence-electron chi connectivity index (χ1n) is 22.0. The van der Waals surface area contributed by atoms with Crippen LogP contribution >= 0.6 is 0 Å². The van der Waals surface area contributed by atoms with E-state index in [1.807, 2.05) is 12.3 Å². The van der Waals surface area contributed by atoms with Crippen LogP contribution in [0.1, 0.15) is 125 Å². The van der Waals surface area contributed by atoms with Gasteiger partial charge in [0, 0.05) is 61.1 Å². The molecule has 0 radical (unpaired) electrons. The summed E-state index contributed by atoms with van der Waals surface area (Å²) in [4.78, 5) is 9.49. The second-order valence-corrected chi connectivity index (χ2v) is 21.7. The Balaban J connectivity index is 0.00000595. The number of hydrogen-bond donors (Lipinski definition) is 0. The van der Waals surface area contributed by atoms with E-state index in [4.69, 9.17) is 9.72 Å². The normalized spacial score (nSPS) is 14.0. The maximum atomic E-state index is 6.92. The number of para-hydroxylation sites is 1. The standard InChI is InChI=1S/C57H63N4O.Pt/c1-53(2,3)39-26-27-58-52(33-39)61-49-23-19-18-22-47(49)48-25-24-45(35-50(48)61)62-46-32-42(57(13,14)38-20-16-15-17-21-38)31-43(34-46)59-36-51(56(10,11)12)60(37-59)44-29-40(54(4,5)6)28-41(30-44)55(7,8)9;/h15-33,36-37H,1-14H3;/q-3;. The van der Waals surface area contributed by atoms with Crippen LogP contribution in [-0.4, -0.2) is 9.55 Å². The van der Waals surface area contributed by atoms with Gasteiger partial charge in [-0.25, -0.2) is 4.98 Å². The summed E-state index contributed by atoms with van der Waals surface area (Å²) in [5.74, 6) is 2.09. The topological polar surface area (TPSA) is 33.5 Å². The molecule has 1 aliphatic rings. The van der Waals surface area contributed by atoms with Crippen molar-refractivity contribution >= 4 is 33.2 Å². The minimum atomic E-state index is -0.342. The van der Waals surface area contributed by atoms with Crippen molar-refractivity contribution in [1.29, 1.82) is 0 Å². The molecule has 7 aromatic rings. The van der Waals surface area contributed by atoms with E-state index in [1.54, 1.807) is 0 Å². The van der Waals surface area contributed by atoms with Gasteiger partial charge in [-0.2, -0.15) is 6.07 Å². The van der Waals surface area contributed by atoms with E-state index >= 15 is 0 Å². The van der Waals surface area contributed by atoms with Crippen LogP contribution in [0.15, 0.2) is 127 Å². The quantitative estimate of drug-likeness (QED) is 0.149. The zero-order valence-corrected chi connectivity index (χ0v) is 41.9. The SMILES string of the molecule is CC(C)(C)C1=CN(c2[c-]c(Oc3[c-]c4c(cc3)c3ccccc3n4-c3cc(C(C)(C)C)ccn3)cc(C(C)(C)c3ccccc3)c2)[CH-]N1c1cc(C(C)(C)C)cc(C(C)(C)C)c1.[Pt]. The molecule has 5 aromatic carbocycles. The minimum Gasteiger partial charge on any atom is -0.509 e. The first kappa shape index (κ1) is 45.9. The zero-order valence-electron chi connectivity index (χ0n) is 39.6. The number of pyridine rings is 1. The third-order valence-electron chi connectivity index (χ3n) is 12.4. The summed E-state index contributed by atoms with van der Waals surface area (Å²) in [6, 6.07) is 46.6. The summed E-state index contributed by atoms with van der Waals surface area (Å²) in [6.45, 7) is 34.1. The van der Waals surface area contributed by atoms with Gasteiger partial charge in [0.1, 0.15) is 5.82 Å². The molecule has 0 atom stereocenters. The smallest absolute Gasteiger partial charge is 0.135 e. The second-order valence-electron chi connectivity index (χ2n) is 21.7. The van der Waals surface area contributed by atoms with Crippen LogP contribution in [0.3, 0.4) is 0 Å². The molecule has 3 heterocycles. The summed E-state index contributed by atoms with van der Waals surface area (Å²) >= 11 is 0. The van der Waals surface area contributed by atoms with Gasteiger partial charge in [0.15, 0.2) is 0 Å². The van der Waals surface area contributed by atoms with E-state index in [0.717, 1.165) is 44.6 Å². The van der Waals surface area contributed by atoms with E-state index in [-0.39, 0.29) is 48.1 Å². The molecule has 330 valence electrons. The molecule has 5 nitrogen and oxygen atoms in total. The molecule has 0 aliphatic carbocycles. The van der Waals surface area contributed by atoms with Gasteiger partial charge >= 0.3 is 0 Å². The third kappa shape index (κ3) is 9.14. The van der Waals surface area contributed by atoms with Crippen molar-refractivity contribution in [3.63, 3.8) is 0 Å². The average Bonchev–Trinajstić information content (AvgIpc) is 3.81. The molecular formula is C57H63N4OPt-3. The fourth-order valence-electron chi connectivity index (χ4n) is 8.32. The number of anilines is 2. The minimum absolute atomic E-state index is 0. The Kier molecular flexibility index (Phi) is 12.0. The van der Waals surface area contributed by atoms with Crippen molar-refractivity contribution in [3.05, 3.63) is 174 Å². The molecule has 0 spiro atoms. The molecule has 0 unspecified atom stereocenters. The summed E-state index contributed by atoms with van der Waals surface area (Å²) in [6.07, 6.45) is 4.18. The van der Waals surface area contributed by atoms with Crippen LogP contribution in [-0.2, 0) is 42.7 Å². The van der Waals surface area contributed by atoms with Crippen molar-refractivity contribution < 1.29 is 25.8 Å². The molecule has 0 N–H and O–H groups in total. The van der Waals surface area contributed by atoms with Crippen molar-refractivity contribution in [3.8, 4) is 17.3 Å². The van der Waals surface area contributed by atoms with E-state index < -0.39 is 0 Å². The van der Waals surface area contributed by atoms with E-state index in [9.17, 15) is 0 Å². The molecule has 0 fully saturated rings. The summed E-state index contributed by atoms with van der Waals surface area (Å²) < 4.78 is 9.13. The number of hydrogen-bond acceptors (Lipinski definition) is 4. The Morgan fingerprint density at radius 1 is 0.540 bits per heavy atom. The molecule has 63 heavy (non-hydrogen) atoms. The Morgan fingerprint density at radius 3 is 1.81 bits per heavy atom. The van der Waals surface area contributed by atoms with E-state index in [1.165, 1.54) is 28.0 Å². The Bertz CT molecular complexity index is 2790. The number of benzene rings is 5. The van der Waals surface area contributed by atoms with Crippen molar-refractivity contribution in [1.82, 2.24) is 9.55 Å². The number of nitrogens with zero attached hydrogens (tertiary/aromatic N) is 4. The second kappa shape index (κ2) is 16.5. The van der Waals surface area contributed by atoms with Crippen molar-refractivity contribution in [2.45, 2.75) is 119 Å². The van der Waals surface area contributed by atoms with Crippen LogP contribution in [0.2, 0.25) is 0 Å². The third-order valence-corrected chi connectivity index (χ3v) is 12.4. The van der Waals surface area contributed by atoms with Gasteiger partial charge < -0.3 is 19.1 Å². The number of rotatable bonds is 7. The number of fused-ring (bicyclic) bond motifs is 3. The molecule has 1 aliphatic heterocycles. The average molecular weight is 1020 g/mol. The Hall–Kier alpha value is -5.12. The largest absolute Gasteiger partial charge is 0.509 e. The van der Waals surface area contributed by atoms with Gasteiger partial charge in [-0.15, -0.1) is 53.6 Å². The van der Waals surface area contributed by atoms with Crippen LogP contribution in [0.4, 0.5) is 11.4 Å². The predicted molar refractivity (Wildman–Crippen MR) is 261 cm³/mol. The molecule has 6 heteroatoms. The van der Waals surface area contributed by atoms with Gasteiger partial charge in [0.25, 0.3) is 0 Å². The molecule has 8 rings (SSSR count). The summed E-state index contributed by atoms with van der Waals surface area (Å²) in [5.41, 5.74) is 10.9. The molecule has 0 bridgehead atoms. The van der Waals surface area contributed by atoms with Crippen molar-refractivity contribution in [2.24, 2.45) is 5.41 Å². The maximum Gasteiger partial charge on any atom is 0.135 e. The molecule has 2 aromatic heterocycles. The van der Waals surface area contributed by atoms with Gasteiger partial charge in [-0.3, -0.25) is 0 Å². The van der Waals surface area contributed by atoms with Crippen LogP contribution in [0, 0.1) is 24.2 Å². The summed E-state index contributed by atoms with van der Waals surface area (Å²) in [7, 11) is 0. The number of ether oxygens (including phenoxy) is 1. The number of aromatic nitrogens is 2. The first-order valence-corrected chi connectivity index (χ1v) is 22.0. The van der Waals surface area contributed by atoms with E-state index in [0.29, 0.717) is 11.5 Å². The fraction of sp³-hybridized carbons (Fsp3) is 0.333. The van der Waals surface area contributed by atoms with Gasteiger partial charge in [0.2, 0.25) is 0 Å². The fourth-order valence-corrected chi connectivity index (χ4v) is 8.32. The zero-order chi connectivity index (χ0) is 44.6. The van der Waals surface area contributed by atoms with Crippen LogP contribution in [0.5, 0.6) is 11.5 Å². The number of allylic oxidation sites excluding steroid dienone is 1.